The number of anilines is 1. The predicted molar refractivity (Wildman–Crippen MR) is 95.2 cm³/mol. The van der Waals surface area contributed by atoms with Crippen LogP contribution in [0.5, 0.6) is 0 Å². The van der Waals surface area contributed by atoms with Crippen molar-refractivity contribution in [2.75, 3.05) is 31.7 Å². The molecule has 0 aliphatic carbocycles. The van der Waals surface area contributed by atoms with E-state index in [4.69, 9.17) is 4.74 Å². The van der Waals surface area contributed by atoms with Gasteiger partial charge in [0.05, 0.1) is 35.9 Å². The second kappa shape index (κ2) is 8.19. The number of aliphatic hydroxyl groups is 1. The van der Waals surface area contributed by atoms with Crippen LogP contribution in [-0.2, 0) is 10.9 Å². The fourth-order valence-electron chi connectivity index (χ4n) is 3.09. The quantitative estimate of drug-likeness (QED) is 0.698. The molecule has 3 rings (SSSR count). The third-order valence-electron chi connectivity index (χ3n) is 4.75. The normalized spacial score (nSPS) is 19.6. The Bertz CT molecular complexity index is 799. The number of benzene rings is 1. The zero-order chi connectivity index (χ0) is 20.2. The van der Waals surface area contributed by atoms with Gasteiger partial charge in [-0.2, -0.15) is 18.3 Å². The van der Waals surface area contributed by atoms with Crippen LogP contribution in [0.4, 0.5) is 23.7 Å². The second-order valence-corrected chi connectivity index (χ2v) is 6.80. The molecule has 0 bridgehead atoms. The molecule has 1 saturated heterocycles. The van der Waals surface area contributed by atoms with E-state index in [9.17, 15) is 23.1 Å². The number of carbonyl (C=O) groups excluding carboxylic acids is 1. The first kappa shape index (κ1) is 20.2. The van der Waals surface area contributed by atoms with E-state index in [-0.39, 0.29) is 12.0 Å². The van der Waals surface area contributed by atoms with Crippen LogP contribution < -0.4 is 10.6 Å². The molecule has 1 fully saturated rings. The van der Waals surface area contributed by atoms with Gasteiger partial charge in [0.15, 0.2) is 0 Å². The van der Waals surface area contributed by atoms with Gasteiger partial charge in [-0.1, -0.05) is 0 Å². The Balaban J connectivity index is 1.57. The number of urea groups is 1. The Labute approximate surface area is 159 Å². The molecule has 7 nitrogen and oxygen atoms in total. The minimum absolute atomic E-state index is 0.0204. The SMILES string of the molecule is O=C(NCC1(CCO)CCOC1)Nc1cnn(-c2ccc(C(F)(F)F)cc2)c1. The van der Waals surface area contributed by atoms with E-state index in [0.29, 0.717) is 37.6 Å². The van der Waals surface area contributed by atoms with Gasteiger partial charge in [-0.25, -0.2) is 9.48 Å². The van der Waals surface area contributed by atoms with Crippen molar-refractivity contribution in [3.8, 4) is 5.69 Å². The molecule has 1 atom stereocenters. The van der Waals surface area contributed by atoms with Gasteiger partial charge in [-0.05, 0) is 37.1 Å². The lowest BCUT2D eigenvalue weighted by Gasteiger charge is -2.26. The number of nitrogens with zero attached hydrogens (tertiary/aromatic N) is 2. The van der Waals surface area contributed by atoms with Crippen molar-refractivity contribution in [2.24, 2.45) is 5.41 Å². The summed E-state index contributed by atoms with van der Waals surface area (Å²) >= 11 is 0. The van der Waals surface area contributed by atoms with Crippen molar-refractivity contribution in [2.45, 2.75) is 19.0 Å². The van der Waals surface area contributed by atoms with Crippen molar-refractivity contribution in [1.29, 1.82) is 0 Å². The van der Waals surface area contributed by atoms with Gasteiger partial charge < -0.3 is 20.5 Å². The zero-order valence-electron chi connectivity index (χ0n) is 15.0. The van der Waals surface area contributed by atoms with Crippen molar-refractivity contribution in [3.05, 3.63) is 42.2 Å². The maximum absolute atomic E-state index is 12.6. The fraction of sp³-hybridized carbons (Fsp3) is 0.444. The molecule has 2 aromatic rings. The maximum atomic E-state index is 12.6. The third-order valence-corrected chi connectivity index (χ3v) is 4.75. The molecule has 0 spiro atoms. The second-order valence-electron chi connectivity index (χ2n) is 6.80. The molecular formula is C18H21F3N4O3. The molecule has 2 amide bonds. The van der Waals surface area contributed by atoms with Crippen molar-refractivity contribution >= 4 is 11.7 Å². The number of hydrogen-bond acceptors (Lipinski definition) is 4. The van der Waals surface area contributed by atoms with Crippen LogP contribution in [0.2, 0.25) is 0 Å². The molecule has 1 aliphatic rings. The standard InChI is InChI=1S/C18H21F3N4O3/c19-18(20,21)13-1-3-15(4-2-13)25-10-14(9-23-25)24-16(27)22-11-17(5-7-26)6-8-28-12-17/h1-4,9-10,26H,5-8,11-12H2,(H2,22,24,27). The average molecular weight is 398 g/mol. The van der Waals surface area contributed by atoms with E-state index in [0.717, 1.165) is 18.6 Å². The van der Waals surface area contributed by atoms with E-state index >= 15 is 0 Å². The Kier molecular flexibility index (Phi) is 5.90. The lowest BCUT2D eigenvalue weighted by Crippen LogP contribution is -2.40. The van der Waals surface area contributed by atoms with Crippen LogP contribution in [0.25, 0.3) is 5.69 Å². The molecular weight excluding hydrogens is 377 g/mol. The van der Waals surface area contributed by atoms with Crippen molar-refractivity contribution < 1.29 is 27.8 Å². The summed E-state index contributed by atoms with van der Waals surface area (Å²) in [5, 5.41) is 18.7. The summed E-state index contributed by atoms with van der Waals surface area (Å²) in [7, 11) is 0. The minimum atomic E-state index is -4.40. The van der Waals surface area contributed by atoms with Crippen LogP contribution >= 0.6 is 0 Å². The van der Waals surface area contributed by atoms with Gasteiger partial charge in [-0.15, -0.1) is 0 Å². The third kappa shape index (κ3) is 4.82. The summed E-state index contributed by atoms with van der Waals surface area (Å²) in [6, 6.07) is 4.12. The Hall–Kier alpha value is -2.59. The Morgan fingerprint density at radius 3 is 2.68 bits per heavy atom. The molecule has 0 radical (unpaired) electrons. The van der Waals surface area contributed by atoms with Gasteiger partial charge in [0.2, 0.25) is 0 Å². The average Bonchev–Trinajstić information content (AvgIpc) is 3.30. The Morgan fingerprint density at radius 2 is 2.07 bits per heavy atom. The molecule has 1 aliphatic heterocycles. The molecule has 1 aromatic carbocycles. The van der Waals surface area contributed by atoms with E-state index in [1.807, 2.05) is 0 Å². The number of aliphatic hydroxyl groups excluding tert-OH is 1. The highest BCUT2D eigenvalue weighted by Gasteiger charge is 2.34. The molecule has 0 saturated carbocycles. The van der Waals surface area contributed by atoms with Crippen LogP contribution in [0.1, 0.15) is 18.4 Å². The van der Waals surface area contributed by atoms with Crippen LogP contribution in [-0.4, -0.2) is 47.3 Å². The highest BCUT2D eigenvalue weighted by atomic mass is 19.4. The monoisotopic (exact) mass is 398 g/mol. The first-order valence-electron chi connectivity index (χ1n) is 8.77. The van der Waals surface area contributed by atoms with Crippen LogP contribution in [0.15, 0.2) is 36.7 Å². The van der Waals surface area contributed by atoms with Gasteiger partial charge in [-0.3, -0.25) is 0 Å². The van der Waals surface area contributed by atoms with Gasteiger partial charge in [0.1, 0.15) is 0 Å². The summed E-state index contributed by atoms with van der Waals surface area (Å²) < 4.78 is 44.6. The first-order chi connectivity index (χ1) is 13.3. The lowest BCUT2D eigenvalue weighted by atomic mass is 9.84. The number of alkyl halides is 3. The molecule has 152 valence electrons. The van der Waals surface area contributed by atoms with Gasteiger partial charge in [0.25, 0.3) is 0 Å². The summed E-state index contributed by atoms with van der Waals surface area (Å²) in [6.07, 6.45) is -0.187. The number of rotatable bonds is 6. The Morgan fingerprint density at radius 1 is 1.32 bits per heavy atom. The van der Waals surface area contributed by atoms with Crippen molar-refractivity contribution in [3.63, 3.8) is 0 Å². The molecule has 3 N–H and O–H groups in total. The number of nitrogens with one attached hydrogen (secondary N) is 2. The summed E-state index contributed by atoms with van der Waals surface area (Å²) in [5.74, 6) is 0. The number of ether oxygens (including phenoxy) is 1. The highest BCUT2D eigenvalue weighted by Crippen LogP contribution is 2.31. The molecule has 28 heavy (non-hydrogen) atoms. The number of carbonyl (C=O) groups is 1. The van der Waals surface area contributed by atoms with E-state index in [1.165, 1.54) is 29.2 Å². The van der Waals surface area contributed by atoms with Crippen LogP contribution in [0, 0.1) is 5.41 Å². The molecule has 10 heteroatoms. The maximum Gasteiger partial charge on any atom is 0.416 e. The van der Waals surface area contributed by atoms with Gasteiger partial charge in [0, 0.05) is 25.2 Å². The van der Waals surface area contributed by atoms with Crippen molar-refractivity contribution in [1.82, 2.24) is 15.1 Å². The topological polar surface area (TPSA) is 88.4 Å². The largest absolute Gasteiger partial charge is 0.416 e. The summed E-state index contributed by atoms with van der Waals surface area (Å²) in [6.45, 7) is 1.47. The number of hydrogen-bond donors (Lipinski definition) is 3. The van der Waals surface area contributed by atoms with E-state index < -0.39 is 17.8 Å². The van der Waals surface area contributed by atoms with Gasteiger partial charge >= 0.3 is 12.2 Å². The smallest absolute Gasteiger partial charge is 0.396 e. The summed E-state index contributed by atoms with van der Waals surface area (Å²) in [5.41, 5.74) is -0.173. The minimum Gasteiger partial charge on any atom is -0.396 e. The molecule has 2 heterocycles. The molecule has 1 aromatic heterocycles. The molecule has 1 unspecified atom stereocenters. The first-order valence-corrected chi connectivity index (χ1v) is 8.77. The number of halogens is 3. The highest BCUT2D eigenvalue weighted by molar-refractivity contribution is 5.88. The van der Waals surface area contributed by atoms with Crippen LogP contribution in [0.3, 0.4) is 0 Å². The van der Waals surface area contributed by atoms with E-state index in [1.54, 1.807) is 0 Å². The zero-order valence-corrected chi connectivity index (χ0v) is 15.0. The summed E-state index contributed by atoms with van der Waals surface area (Å²) in [4.78, 5) is 12.1. The number of amides is 2. The van der Waals surface area contributed by atoms with E-state index in [2.05, 4.69) is 15.7 Å². The number of aromatic nitrogens is 2. The predicted octanol–water partition coefficient (Wildman–Crippen LogP) is 2.80. The lowest BCUT2D eigenvalue weighted by molar-refractivity contribution is -0.137. The fourth-order valence-corrected chi connectivity index (χ4v) is 3.09.